The Hall–Kier alpha value is -1.72. The van der Waals surface area contributed by atoms with Crippen LogP contribution in [-0.4, -0.2) is 40.7 Å². The number of para-hydroxylation sites is 1. The molecule has 1 aromatic rings. The number of hydrogen-bond donors (Lipinski definition) is 1. The minimum Gasteiger partial charge on any atom is -0.392 e. The van der Waals surface area contributed by atoms with E-state index in [1.807, 2.05) is 6.08 Å². The Morgan fingerprint density at radius 1 is 1.47 bits per heavy atom. The molecule has 0 saturated carbocycles. The average molecular weight is 262 g/mol. The monoisotopic (exact) mass is 262 g/mol. The van der Waals surface area contributed by atoms with Gasteiger partial charge in [-0.2, -0.15) is 0 Å². The van der Waals surface area contributed by atoms with Crippen molar-refractivity contribution in [2.75, 3.05) is 19.6 Å². The van der Waals surface area contributed by atoms with Crippen LogP contribution in [-0.2, 0) is 0 Å². The summed E-state index contributed by atoms with van der Waals surface area (Å²) in [5, 5.41) is 20.4. The molecular weight excluding hydrogens is 244 g/mol. The fourth-order valence-electron chi connectivity index (χ4n) is 2.32. The molecule has 5 nitrogen and oxygen atoms in total. The summed E-state index contributed by atoms with van der Waals surface area (Å²) in [5.41, 5.74) is 0.738. The molecule has 0 unspecified atom stereocenters. The summed E-state index contributed by atoms with van der Waals surface area (Å²) in [5.74, 6) is 0. The maximum absolute atomic E-state index is 10.9. The summed E-state index contributed by atoms with van der Waals surface area (Å²) in [6.45, 7) is 2.36. The summed E-state index contributed by atoms with van der Waals surface area (Å²) in [7, 11) is 0. The number of hydrogen-bond acceptors (Lipinski definition) is 4. The first kappa shape index (κ1) is 13.7. The van der Waals surface area contributed by atoms with Crippen LogP contribution < -0.4 is 0 Å². The van der Waals surface area contributed by atoms with E-state index >= 15 is 0 Å². The summed E-state index contributed by atoms with van der Waals surface area (Å²) < 4.78 is 0. The van der Waals surface area contributed by atoms with Gasteiger partial charge in [-0.05, 0) is 25.5 Å². The molecule has 1 fully saturated rings. The Morgan fingerprint density at radius 2 is 2.26 bits per heavy atom. The lowest BCUT2D eigenvalue weighted by molar-refractivity contribution is -0.385. The third-order valence-corrected chi connectivity index (χ3v) is 3.28. The minimum atomic E-state index is -0.371. The number of aliphatic hydroxyl groups is 1. The Labute approximate surface area is 112 Å². The zero-order valence-electron chi connectivity index (χ0n) is 10.7. The fourth-order valence-corrected chi connectivity index (χ4v) is 2.32. The largest absolute Gasteiger partial charge is 0.392 e. The van der Waals surface area contributed by atoms with Crippen LogP contribution in [0.2, 0.25) is 0 Å². The van der Waals surface area contributed by atoms with E-state index in [4.69, 9.17) is 0 Å². The summed E-state index contributed by atoms with van der Waals surface area (Å²) in [6, 6.07) is 6.69. The summed E-state index contributed by atoms with van der Waals surface area (Å²) in [4.78, 5) is 12.6. The Bertz CT molecular complexity index is 474. The van der Waals surface area contributed by atoms with Crippen LogP contribution in [0.3, 0.4) is 0 Å². The van der Waals surface area contributed by atoms with Crippen molar-refractivity contribution in [3.8, 4) is 0 Å². The Morgan fingerprint density at radius 3 is 3.00 bits per heavy atom. The van der Waals surface area contributed by atoms with Crippen molar-refractivity contribution in [3.63, 3.8) is 0 Å². The van der Waals surface area contributed by atoms with Crippen molar-refractivity contribution >= 4 is 11.8 Å². The molecule has 0 amide bonds. The highest BCUT2D eigenvalue weighted by atomic mass is 16.6. The molecule has 0 aromatic heterocycles. The quantitative estimate of drug-likeness (QED) is 0.666. The number of aliphatic hydroxyl groups excluding tert-OH is 1. The lowest BCUT2D eigenvalue weighted by Gasteiger charge is -2.28. The van der Waals surface area contributed by atoms with E-state index in [2.05, 4.69) is 4.90 Å². The zero-order chi connectivity index (χ0) is 13.7. The third-order valence-electron chi connectivity index (χ3n) is 3.28. The molecule has 1 aliphatic heterocycles. The van der Waals surface area contributed by atoms with Crippen LogP contribution in [0.1, 0.15) is 18.4 Å². The molecule has 0 bridgehead atoms. The maximum atomic E-state index is 10.9. The first-order chi connectivity index (χ1) is 9.16. The molecule has 1 heterocycles. The second-order valence-corrected chi connectivity index (χ2v) is 4.77. The smallest absolute Gasteiger partial charge is 0.276 e. The summed E-state index contributed by atoms with van der Waals surface area (Å²) in [6.07, 6.45) is 5.32. The molecule has 0 aliphatic carbocycles. The molecule has 1 saturated heterocycles. The van der Waals surface area contributed by atoms with E-state index in [1.165, 1.54) is 6.07 Å². The second-order valence-electron chi connectivity index (χ2n) is 4.77. The van der Waals surface area contributed by atoms with Gasteiger partial charge in [-0.25, -0.2) is 0 Å². The van der Waals surface area contributed by atoms with Gasteiger partial charge in [0.1, 0.15) is 0 Å². The number of nitrogens with zero attached hydrogens (tertiary/aromatic N) is 2. The van der Waals surface area contributed by atoms with Gasteiger partial charge in [-0.1, -0.05) is 24.3 Å². The molecule has 102 valence electrons. The number of rotatable bonds is 4. The van der Waals surface area contributed by atoms with E-state index in [-0.39, 0.29) is 16.7 Å². The van der Waals surface area contributed by atoms with Crippen molar-refractivity contribution in [2.24, 2.45) is 0 Å². The normalized spacial score (nSPS) is 20.8. The van der Waals surface area contributed by atoms with E-state index in [9.17, 15) is 15.2 Å². The van der Waals surface area contributed by atoms with Crippen LogP contribution in [0.15, 0.2) is 30.3 Å². The molecular formula is C14H18N2O3. The van der Waals surface area contributed by atoms with Crippen LogP contribution in [0.4, 0.5) is 5.69 Å². The molecule has 5 heteroatoms. The molecule has 2 rings (SSSR count). The first-order valence-corrected chi connectivity index (χ1v) is 6.47. The van der Waals surface area contributed by atoms with Crippen LogP contribution in [0.25, 0.3) is 6.08 Å². The van der Waals surface area contributed by atoms with Crippen molar-refractivity contribution < 1.29 is 10.0 Å². The van der Waals surface area contributed by atoms with Crippen LogP contribution in [0.5, 0.6) is 0 Å². The predicted octanol–water partition coefficient (Wildman–Crippen LogP) is 2.06. The molecule has 1 aliphatic rings. The van der Waals surface area contributed by atoms with Gasteiger partial charge >= 0.3 is 0 Å². The lowest BCUT2D eigenvalue weighted by atomic mass is 10.1. The van der Waals surface area contributed by atoms with Gasteiger partial charge in [0.2, 0.25) is 0 Å². The predicted molar refractivity (Wildman–Crippen MR) is 73.8 cm³/mol. The highest BCUT2D eigenvalue weighted by Crippen LogP contribution is 2.19. The van der Waals surface area contributed by atoms with Crippen LogP contribution >= 0.6 is 0 Å². The van der Waals surface area contributed by atoms with E-state index in [0.717, 1.165) is 19.4 Å². The van der Waals surface area contributed by atoms with Gasteiger partial charge < -0.3 is 5.11 Å². The van der Waals surface area contributed by atoms with Gasteiger partial charge in [-0.15, -0.1) is 0 Å². The van der Waals surface area contributed by atoms with E-state index in [0.29, 0.717) is 18.7 Å². The number of nitro benzene ring substituents is 1. The van der Waals surface area contributed by atoms with E-state index < -0.39 is 0 Å². The highest BCUT2D eigenvalue weighted by Gasteiger charge is 2.16. The lowest BCUT2D eigenvalue weighted by Crippen LogP contribution is -2.38. The Kier molecular flexibility index (Phi) is 4.65. The third kappa shape index (κ3) is 3.87. The zero-order valence-corrected chi connectivity index (χ0v) is 10.7. The SMILES string of the molecule is O=[N+]([O-])c1ccccc1/C=C/CN1CCC[C@@H](O)C1. The molecule has 0 spiro atoms. The maximum Gasteiger partial charge on any atom is 0.276 e. The van der Waals surface area contributed by atoms with E-state index in [1.54, 1.807) is 24.3 Å². The number of likely N-dealkylation sites (tertiary alicyclic amines) is 1. The minimum absolute atomic E-state index is 0.123. The number of piperidine rings is 1. The molecule has 1 N–H and O–H groups in total. The van der Waals surface area contributed by atoms with Gasteiger partial charge in [0, 0.05) is 19.2 Å². The van der Waals surface area contributed by atoms with Crippen molar-refractivity contribution in [2.45, 2.75) is 18.9 Å². The van der Waals surface area contributed by atoms with Gasteiger partial charge in [0.15, 0.2) is 0 Å². The standard InChI is InChI=1S/C14H18N2O3/c17-13-7-4-10-15(11-13)9-3-6-12-5-1-2-8-14(12)16(18)19/h1-3,5-6,8,13,17H,4,7,9-11H2/b6-3+/t13-/m1/s1. The van der Waals surface area contributed by atoms with Gasteiger partial charge in [0.25, 0.3) is 5.69 Å². The van der Waals surface area contributed by atoms with Crippen LogP contribution in [0, 0.1) is 10.1 Å². The number of benzene rings is 1. The number of nitro groups is 1. The average Bonchev–Trinajstić information content (AvgIpc) is 2.39. The molecule has 0 radical (unpaired) electrons. The molecule has 19 heavy (non-hydrogen) atoms. The van der Waals surface area contributed by atoms with Crippen molar-refractivity contribution in [1.82, 2.24) is 4.90 Å². The highest BCUT2D eigenvalue weighted by molar-refractivity contribution is 5.60. The molecule has 1 atom stereocenters. The molecule has 1 aromatic carbocycles. The first-order valence-electron chi connectivity index (χ1n) is 6.47. The van der Waals surface area contributed by atoms with Crippen molar-refractivity contribution in [3.05, 3.63) is 46.0 Å². The van der Waals surface area contributed by atoms with Crippen molar-refractivity contribution in [1.29, 1.82) is 0 Å². The number of β-amino-alcohol motifs (C(OH)–C–C–N with tert-alkyl or cyclic N) is 1. The topological polar surface area (TPSA) is 66.6 Å². The Balaban J connectivity index is 1.97. The van der Waals surface area contributed by atoms with Gasteiger partial charge in [0.05, 0.1) is 16.6 Å². The summed E-state index contributed by atoms with van der Waals surface area (Å²) >= 11 is 0. The second kappa shape index (κ2) is 6.45. The fraction of sp³-hybridized carbons (Fsp3) is 0.429. The van der Waals surface area contributed by atoms with Gasteiger partial charge in [-0.3, -0.25) is 15.0 Å².